The van der Waals surface area contributed by atoms with Gasteiger partial charge < -0.3 is 0 Å². The zero-order valence-corrected chi connectivity index (χ0v) is 12.8. The highest BCUT2D eigenvalue weighted by molar-refractivity contribution is 7.91. The molecule has 0 aliphatic heterocycles. The molecule has 0 N–H and O–H groups in total. The van der Waals surface area contributed by atoms with Crippen LogP contribution < -0.4 is 0 Å². The number of aromatic nitrogens is 1. The quantitative estimate of drug-likeness (QED) is 0.863. The summed E-state index contributed by atoms with van der Waals surface area (Å²) < 4.78 is 23.6. The maximum atomic E-state index is 11.8. The van der Waals surface area contributed by atoms with Crippen LogP contribution in [0.2, 0.25) is 0 Å². The average Bonchev–Trinajstić information content (AvgIpc) is 2.47. The molecule has 1 heterocycles. The van der Waals surface area contributed by atoms with Crippen LogP contribution >= 0.6 is 0 Å². The average molecular weight is 289 g/mol. The van der Waals surface area contributed by atoms with E-state index in [4.69, 9.17) is 0 Å². The van der Waals surface area contributed by atoms with E-state index in [-0.39, 0.29) is 5.75 Å². The Morgan fingerprint density at radius 3 is 2.30 bits per heavy atom. The van der Waals surface area contributed by atoms with Crippen molar-refractivity contribution in [1.82, 2.24) is 4.98 Å². The molecule has 2 rings (SSSR count). The summed E-state index contributed by atoms with van der Waals surface area (Å²) in [6.07, 6.45) is 1.79. The van der Waals surface area contributed by atoms with Crippen molar-refractivity contribution in [2.75, 3.05) is 5.75 Å². The van der Waals surface area contributed by atoms with Gasteiger partial charge in [-0.2, -0.15) is 0 Å². The highest BCUT2D eigenvalue weighted by Crippen LogP contribution is 2.28. The second kappa shape index (κ2) is 5.75. The number of benzene rings is 1. The number of hydrogen-bond donors (Lipinski definition) is 0. The highest BCUT2D eigenvalue weighted by atomic mass is 32.2. The minimum Gasteiger partial charge on any atom is -0.260 e. The minimum atomic E-state index is -3.14. The predicted molar refractivity (Wildman–Crippen MR) is 81.5 cm³/mol. The standard InChI is InChI=1S/C16H19NO2S/c1-4-20(18,19)14-9-7-13(8-10-14)15-6-5-11-17-16(15)12(2)3/h5-12H,4H2,1-3H3. The van der Waals surface area contributed by atoms with E-state index in [1.807, 2.05) is 24.3 Å². The Morgan fingerprint density at radius 2 is 1.75 bits per heavy atom. The van der Waals surface area contributed by atoms with E-state index in [0.717, 1.165) is 16.8 Å². The summed E-state index contributed by atoms with van der Waals surface area (Å²) in [5, 5.41) is 0. The van der Waals surface area contributed by atoms with Gasteiger partial charge in [0.1, 0.15) is 0 Å². The van der Waals surface area contributed by atoms with Crippen LogP contribution in [-0.2, 0) is 9.84 Å². The molecule has 4 heteroatoms. The Bertz CT molecular complexity index is 689. The fourth-order valence-electron chi connectivity index (χ4n) is 2.13. The zero-order valence-electron chi connectivity index (χ0n) is 12.0. The summed E-state index contributed by atoms with van der Waals surface area (Å²) in [5.74, 6) is 0.446. The Labute approximate surface area is 120 Å². The lowest BCUT2D eigenvalue weighted by Crippen LogP contribution is -2.03. The molecule has 2 aromatic rings. The Hall–Kier alpha value is -1.68. The third-order valence-electron chi connectivity index (χ3n) is 3.29. The largest absolute Gasteiger partial charge is 0.260 e. The molecule has 0 bridgehead atoms. The summed E-state index contributed by atoms with van der Waals surface area (Å²) in [7, 11) is -3.14. The second-order valence-corrected chi connectivity index (χ2v) is 7.30. The number of nitrogens with zero attached hydrogens (tertiary/aromatic N) is 1. The summed E-state index contributed by atoms with van der Waals surface area (Å²) in [5.41, 5.74) is 3.08. The van der Waals surface area contributed by atoms with Crippen molar-refractivity contribution in [3.8, 4) is 11.1 Å². The van der Waals surface area contributed by atoms with Crippen molar-refractivity contribution in [2.45, 2.75) is 31.6 Å². The van der Waals surface area contributed by atoms with Gasteiger partial charge in [-0.1, -0.05) is 39.0 Å². The molecule has 106 valence electrons. The maximum Gasteiger partial charge on any atom is 0.178 e. The SMILES string of the molecule is CCS(=O)(=O)c1ccc(-c2cccnc2C(C)C)cc1. The van der Waals surface area contributed by atoms with Gasteiger partial charge in [0.25, 0.3) is 0 Å². The fraction of sp³-hybridized carbons (Fsp3) is 0.312. The van der Waals surface area contributed by atoms with Crippen molar-refractivity contribution in [2.24, 2.45) is 0 Å². The molecule has 0 unspecified atom stereocenters. The van der Waals surface area contributed by atoms with Gasteiger partial charge in [0.2, 0.25) is 0 Å². The van der Waals surface area contributed by atoms with Gasteiger partial charge in [0, 0.05) is 11.8 Å². The summed E-state index contributed by atoms with van der Waals surface area (Å²) in [4.78, 5) is 4.80. The lowest BCUT2D eigenvalue weighted by Gasteiger charge is -2.12. The number of rotatable bonds is 4. The Balaban J connectivity index is 2.46. The monoisotopic (exact) mass is 289 g/mol. The predicted octanol–water partition coefficient (Wildman–Crippen LogP) is 3.67. The molecular weight excluding hydrogens is 270 g/mol. The molecular formula is C16H19NO2S. The molecule has 20 heavy (non-hydrogen) atoms. The number of pyridine rings is 1. The van der Waals surface area contributed by atoms with E-state index in [1.165, 1.54) is 0 Å². The van der Waals surface area contributed by atoms with Crippen molar-refractivity contribution in [3.05, 3.63) is 48.3 Å². The normalized spacial score (nSPS) is 11.8. The van der Waals surface area contributed by atoms with Crippen LogP contribution in [0.1, 0.15) is 32.4 Å². The highest BCUT2D eigenvalue weighted by Gasteiger charge is 2.13. The van der Waals surface area contributed by atoms with Crippen LogP contribution in [0.15, 0.2) is 47.5 Å². The third kappa shape index (κ3) is 2.90. The van der Waals surface area contributed by atoms with E-state index in [9.17, 15) is 8.42 Å². The first kappa shape index (κ1) is 14.7. The minimum absolute atomic E-state index is 0.122. The third-order valence-corrected chi connectivity index (χ3v) is 5.04. The van der Waals surface area contributed by atoms with Gasteiger partial charge in [-0.25, -0.2) is 8.42 Å². The molecule has 0 aliphatic carbocycles. The van der Waals surface area contributed by atoms with Gasteiger partial charge in [0.05, 0.1) is 16.3 Å². The molecule has 0 radical (unpaired) electrons. The molecule has 1 aromatic carbocycles. The van der Waals surface area contributed by atoms with Gasteiger partial charge in [-0.3, -0.25) is 4.98 Å². The maximum absolute atomic E-state index is 11.8. The molecule has 0 amide bonds. The van der Waals surface area contributed by atoms with E-state index in [1.54, 1.807) is 25.3 Å². The van der Waals surface area contributed by atoms with Crippen LogP contribution in [0.3, 0.4) is 0 Å². The van der Waals surface area contributed by atoms with Gasteiger partial charge in [0.15, 0.2) is 9.84 Å². The topological polar surface area (TPSA) is 47.0 Å². The smallest absolute Gasteiger partial charge is 0.178 e. The first-order valence-corrected chi connectivity index (χ1v) is 8.39. The van der Waals surface area contributed by atoms with Crippen molar-refractivity contribution in [3.63, 3.8) is 0 Å². The Morgan fingerprint density at radius 1 is 1.10 bits per heavy atom. The number of sulfone groups is 1. The fourth-order valence-corrected chi connectivity index (χ4v) is 3.01. The molecule has 3 nitrogen and oxygen atoms in total. The van der Waals surface area contributed by atoms with Crippen LogP contribution in [-0.4, -0.2) is 19.2 Å². The molecule has 0 spiro atoms. The van der Waals surface area contributed by atoms with Crippen LogP contribution in [0.4, 0.5) is 0 Å². The zero-order chi connectivity index (χ0) is 14.8. The van der Waals surface area contributed by atoms with E-state index in [2.05, 4.69) is 18.8 Å². The Kier molecular flexibility index (Phi) is 4.23. The second-order valence-electron chi connectivity index (χ2n) is 5.02. The van der Waals surface area contributed by atoms with Crippen LogP contribution in [0.25, 0.3) is 11.1 Å². The summed E-state index contributed by atoms with van der Waals surface area (Å²) in [6, 6.07) is 11.0. The first-order chi connectivity index (χ1) is 9.45. The molecule has 0 aliphatic rings. The van der Waals surface area contributed by atoms with E-state index < -0.39 is 9.84 Å². The lowest BCUT2D eigenvalue weighted by atomic mass is 9.98. The van der Waals surface area contributed by atoms with Crippen molar-refractivity contribution >= 4 is 9.84 Å². The molecule has 0 saturated heterocycles. The molecule has 0 saturated carbocycles. The van der Waals surface area contributed by atoms with E-state index in [0.29, 0.717) is 10.8 Å². The van der Waals surface area contributed by atoms with Gasteiger partial charge in [-0.15, -0.1) is 0 Å². The van der Waals surface area contributed by atoms with Crippen molar-refractivity contribution < 1.29 is 8.42 Å². The summed E-state index contributed by atoms with van der Waals surface area (Å²) in [6.45, 7) is 5.85. The van der Waals surface area contributed by atoms with Gasteiger partial charge >= 0.3 is 0 Å². The van der Waals surface area contributed by atoms with Crippen molar-refractivity contribution in [1.29, 1.82) is 0 Å². The number of hydrogen-bond acceptors (Lipinski definition) is 3. The van der Waals surface area contributed by atoms with Gasteiger partial charge in [-0.05, 0) is 29.7 Å². The van der Waals surface area contributed by atoms with Crippen LogP contribution in [0, 0.1) is 0 Å². The molecule has 0 fully saturated rings. The first-order valence-electron chi connectivity index (χ1n) is 6.74. The molecule has 0 atom stereocenters. The molecule has 1 aromatic heterocycles. The summed E-state index contributed by atoms with van der Waals surface area (Å²) >= 11 is 0. The van der Waals surface area contributed by atoms with E-state index >= 15 is 0 Å². The van der Waals surface area contributed by atoms with Crippen LogP contribution in [0.5, 0.6) is 0 Å². The lowest BCUT2D eigenvalue weighted by molar-refractivity contribution is 0.597.